The number of rotatable bonds is 9. The Morgan fingerprint density at radius 1 is 1.23 bits per heavy atom. The van der Waals surface area contributed by atoms with E-state index in [1.54, 1.807) is 7.11 Å². The van der Waals surface area contributed by atoms with E-state index >= 15 is 0 Å². The van der Waals surface area contributed by atoms with E-state index in [0.717, 1.165) is 74.7 Å². The molecule has 3 rings (SSSR count). The molecular weight excluding hydrogens is 382 g/mol. The van der Waals surface area contributed by atoms with E-state index in [2.05, 4.69) is 25.7 Å². The highest BCUT2D eigenvalue weighted by Crippen LogP contribution is 2.13. The van der Waals surface area contributed by atoms with Gasteiger partial charge in [0.1, 0.15) is 11.6 Å². The first-order valence-corrected chi connectivity index (χ1v) is 10.5. The molecule has 1 aliphatic heterocycles. The number of hydrogen-bond acceptors (Lipinski definition) is 6. The van der Waals surface area contributed by atoms with Crippen LogP contribution in [-0.4, -0.2) is 72.1 Å². The quantitative estimate of drug-likeness (QED) is 0.360. The smallest absolute Gasteiger partial charge is 0.191 e. The van der Waals surface area contributed by atoms with Crippen LogP contribution >= 0.6 is 0 Å². The van der Waals surface area contributed by atoms with Gasteiger partial charge in [0.15, 0.2) is 11.8 Å². The van der Waals surface area contributed by atoms with E-state index in [-0.39, 0.29) is 0 Å². The summed E-state index contributed by atoms with van der Waals surface area (Å²) in [5, 5.41) is 15.2. The summed E-state index contributed by atoms with van der Waals surface area (Å²) in [5.74, 6) is 3.36. The Bertz CT molecular complexity index is 815. The predicted octanol–water partition coefficient (Wildman–Crippen LogP) is 1.09. The largest absolute Gasteiger partial charge is 0.497 e. The third-order valence-electron chi connectivity index (χ3n) is 5.20. The first-order chi connectivity index (χ1) is 14.7. The number of aliphatic imine (C=N–C) groups is 1. The first-order valence-electron chi connectivity index (χ1n) is 10.5. The monoisotopic (exact) mass is 415 g/mol. The Balaban J connectivity index is 1.55. The van der Waals surface area contributed by atoms with Gasteiger partial charge in [0.2, 0.25) is 0 Å². The molecule has 0 atom stereocenters. The van der Waals surface area contributed by atoms with E-state index < -0.39 is 0 Å². The minimum atomic E-state index is 0.560. The first kappa shape index (κ1) is 22.0. The third-order valence-corrected chi connectivity index (χ3v) is 5.20. The minimum absolute atomic E-state index is 0.560. The lowest BCUT2D eigenvalue weighted by Gasteiger charge is -2.26. The number of aryl methyl sites for hydroxylation is 1. The average molecular weight is 416 g/mol. The Labute approximate surface area is 178 Å². The van der Waals surface area contributed by atoms with Gasteiger partial charge >= 0.3 is 0 Å². The molecule has 0 aliphatic carbocycles. The molecule has 1 saturated heterocycles. The highest BCUT2D eigenvalue weighted by Gasteiger charge is 2.10. The Morgan fingerprint density at radius 2 is 2.07 bits per heavy atom. The molecule has 0 bridgehead atoms. The molecule has 2 N–H and O–H groups in total. The number of nitrogens with one attached hydrogen (secondary N) is 2. The summed E-state index contributed by atoms with van der Waals surface area (Å²) in [6.45, 7) is 8.66. The van der Waals surface area contributed by atoms with Crippen molar-refractivity contribution in [1.82, 2.24) is 30.3 Å². The van der Waals surface area contributed by atoms with Crippen LogP contribution in [0.25, 0.3) is 0 Å². The molecular formula is C21H33N7O2. The van der Waals surface area contributed by atoms with Gasteiger partial charge in [-0.1, -0.05) is 12.1 Å². The summed E-state index contributed by atoms with van der Waals surface area (Å²) in [7, 11) is 3.64. The molecule has 0 unspecified atom stereocenters. The number of methoxy groups -OCH3 is 1. The van der Waals surface area contributed by atoms with Crippen LogP contribution in [0.15, 0.2) is 29.3 Å². The molecule has 9 heteroatoms. The molecule has 0 spiro atoms. The molecule has 1 aromatic heterocycles. The van der Waals surface area contributed by atoms with Crippen molar-refractivity contribution in [2.75, 3.05) is 46.5 Å². The second-order valence-corrected chi connectivity index (χ2v) is 7.33. The summed E-state index contributed by atoms with van der Waals surface area (Å²) in [6.07, 6.45) is 1.04. The van der Waals surface area contributed by atoms with Crippen molar-refractivity contribution >= 4 is 5.96 Å². The van der Waals surface area contributed by atoms with Crippen molar-refractivity contribution in [2.45, 2.75) is 26.4 Å². The van der Waals surface area contributed by atoms with Crippen molar-refractivity contribution in [1.29, 1.82) is 0 Å². The Hall–Kier alpha value is -2.65. The van der Waals surface area contributed by atoms with Crippen LogP contribution < -0.4 is 15.4 Å². The van der Waals surface area contributed by atoms with Crippen LogP contribution in [0.4, 0.5) is 0 Å². The lowest BCUT2D eigenvalue weighted by Crippen LogP contribution is -2.40. The zero-order valence-corrected chi connectivity index (χ0v) is 18.2. The van der Waals surface area contributed by atoms with Crippen molar-refractivity contribution in [3.63, 3.8) is 0 Å². The van der Waals surface area contributed by atoms with Gasteiger partial charge in [-0.2, -0.15) is 0 Å². The molecule has 0 radical (unpaired) electrons. The molecule has 2 heterocycles. The topological polar surface area (TPSA) is 88.8 Å². The van der Waals surface area contributed by atoms with Gasteiger partial charge in [-0.25, -0.2) is 4.99 Å². The van der Waals surface area contributed by atoms with Crippen molar-refractivity contribution in [3.05, 3.63) is 41.5 Å². The second kappa shape index (κ2) is 11.5. The minimum Gasteiger partial charge on any atom is -0.497 e. The summed E-state index contributed by atoms with van der Waals surface area (Å²) < 4.78 is 12.7. The molecule has 1 aliphatic rings. The Kier molecular flexibility index (Phi) is 8.46. The standard InChI is InChI=1S/C21H33N7O2/c1-17-25-26-20(27(17)2)16-24-21(22-8-5-9-28-10-12-30-13-11-28)23-15-18-6-4-7-19(14-18)29-3/h4,6-7,14H,5,8-13,15-16H2,1-3H3,(H2,22,23,24). The van der Waals surface area contributed by atoms with Gasteiger partial charge in [-0.15, -0.1) is 10.2 Å². The SMILES string of the molecule is COc1cccc(CN=C(NCCCN2CCOCC2)NCc2nnc(C)n2C)c1. The highest BCUT2D eigenvalue weighted by atomic mass is 16.5. The summed E-state index contributed by atoms with van der Waals surface area (Å²) in [6, 6.07) is 7.97. The number of nitrogens with zero attached hydrogens (tertiary/aromatic N) is 5. The fourth-order valence-electron chi connectivity index (χ4n) is 3.22. The predicted molar refractivity (Wildman–Crippen MR) is 117 cm³/mol. The van der Waals surface area contributed by atoms with Crippen LogP contribution in [0.1, 0.15) is 23.6 Å². The molecule has 9 nitrogen and oxygen atoms in total. The van der Waals surface area contributed by atoms with Crippen LogP contribution in [0.5, 0.6) is 5.75 Å². The van der Waals surface area contributed by atoms with E-state index in [4.69, 9.17) is 14.5 Å². The molecule has 2 aromatic rings. The van der Waals surface area contributed by atoms with Crippen LogP contribution in [0.3, 0.4) is 0 Å². The van der Waals surface area contributed by atoms with E-state index in [1.165, 1.54) is 0 Å². The van der Waals surface area contributed by atoms with E-state index in [0.29, 0.717) is 13.1 Å². The van der Waals surface area contributed by atoms with Gasteiger partial charge < -0.3 is 24.7 Å². The van der Waals surface area contributed by atoms with Gasteiger partial charge in [-0.05, 0) is 37.6 Å². The number of morpholine rings is 1. The lowest BCUT2D eigenvalue weighted by molar-refractivity contribution is 0.0376. The molecule has 30 heavy (non-hydrogen) atoms. The highest BCUT2D eigenvalue weighted by molar-refractivity contribution is 5.79. The summed E-state index contributed by atoms with van der Waals surface area (Å²) in [4.78, 5) is 7.19. The summed E-state index contributed by atoms with van der Waals surface area (Å²) in [5.41, 5.74) is 1.10. The molecule has 1 aromatic carbocycles. The second-order valence-electron chi connectivity index (χ2n) is 7.33. The van der Waals surface area contributed by atoms with Gasteiger partial charge in [0, 0.05) is 26.7 Å². The molecule has 0 amide bonds. The number of ether oxygens (including phenoxy) is 2. The maximum Gasteiger partial charge on any atom is 0.191 e. The zero-order valence-electron chi connectivity index (χ0n) is 18.2. The maximum atomic E-state index is 5.41. The summed E-state index contributed by atoms with van der Waals surface area (Å²) >= 11 is 0. The van der Waals surface area contributed by atoms with Crippen molar-refractivity contribution in [3.8, 4) is 5.75 Å². The number of hydrogen-bond donors (Lipinski definition) is 2. The number of guanidine groups is 1. The average Bonchev–Trinajstić information content (AvgIpc) is 3.11. The lowest BCUT2D eigenvalue weighted by atomic mass is 10.2. The maximum absolute atomic E-state index is 5.41. The molecule has 164 valence electrons. The van der Waals surface area contributed by atoms with Crippen LogP contribution in [0.2, 0.25) is 0 Å². The fraction of sp³-hybridized carbons (Fsp3) is 0.571. The van der Waals surface area contributed by atoms with Crippen molar-refractivity contribution < 1.29 is 9.47 Å². The Morgan fingerprint density at radius 3 is 2.80 bits per heavy atom. The van der Waals surface area contributed by atoms with Gasteiger partial charge in [0.05, 0.1) is 33.4 Å². The molecule has 0 saturated carbocycles. The third kappa shape index (κ3) is 6.70. The number of aromatic nitrogens is 3. The van der Waals surface area contributed by atoms with Crippen LogP contribution in [-0.2, 0) is 24.9 Å². The van der Waals surface area contributed by atoms with E-state index in [1.807, 2.05) is 42.8 Å². The normalized spacial score (nSPS) is 15.2. The van der Waals surface area contributed by atoms with Crippen LogP contribution in [0, 0.1) is 6.92 Å². The molecule has 1 fully saturated rings. The fourth-order valence-corrected chi connectivity index (χ4v) is 3.22. The van der Waals surface area contributed by atoms with Gasteiger partial charge in [-0.3, -0.25) is 4.90 Å². The zero-order chi connectivity index (χ0) is 21.2. The number of benzene rings is 1. The van der Waals surface area contributed by atoms with Gasteiger partial charge in [0.25, 0.3) is 0 Å². The van der Waals surface area contributed by atoms with E-state index in [9.17, 15) is 0 Å². The van der Waals surface area contributed by atoms with Crippen molar-refractivity contribution in [2.24, 2.45) is 12.0 Å².